The molecular formula is C10H12ClFN4O2. The summed E-state index contributed by atoms with van der Waals surface area (Å²) in [5.41, 5.74) is 5.17. The number of aromatic nitrogens is 2. The number of primary amides is 1. The number of carbonyl (C=O) groups is 1. The number of hydrogen-bond donors (Lipinski definition) is 2. The molecule has 18 heavy (non-hydrogen) atoms. The highest BCUT2D eigenvalue weighted by Gasteiger charge is 2.28. The third-order valence-electron chi connectivity index (χ3n) is 2.61. The summed E-state index contributed by atoms with van der Waals surface area (Å²) in [5, 5.41) is 10.1. The number of rotatable bonds is 3. The molecule has 2 rings (SSSR count). The first kappa shape index (κ1) is 13.0. The Morgan fingerprint density at radius 3 is 3.06 bits per heavy atom. The summed E-state index contributed by atoms with van der Waals surface area (Å²) >= 11 is 5.61. The molecule has 0 spiro atoms. The van der Waals surface area contributed by atoms with E-state index >= 15 is 0 Å². The van der Waals surface area contributed by atoms with Crippen molar-refractivity contribution in [1.82, 2.24) is 15.5 Å². The summed E-state index contributed by atoms with van der Waals surface area (Å²) in [4.78, 5) is 11.2. The van der Waals surface area contributed by atoms with Crippen molar-refractivity contribution < 1.29 is 13.9 Å². The predicted octanol–water partition coefficient (Wildman–Crippen LogP) is 0.308. The van der Waals surface area contributed by atoms with Gasteiger partial charge in [0.1, 0.15) is 17.8 Å². The number of nitrogens with zero attached hydrogens (tertiary/aromatic N) is 2. The van der Waals surface area contributed by atoms with Crippen LogP contribution in [0.25, 0.3) is 0 Å². The average Bonchev–Trinajstić information content (AvgIpc) is 2.34. The van der Waals surface area contributed by atoms with Crippen LogP contribution in [-0.2, 0) is 0 Å². The van der Waals surface area contributed by atoms with E-state index in [2.05, 4.69) is 15.5 Å². The van der Waals surface area contributed by atoms with Crippen molar-refractivity contribution in [2.24, 2.45) is 5.73 Å². The lowest BCUT2D eigenvalue weighted by atomic mass is 10.1. The van der Waals surface area contributed by atoms with Gasteiger partial charge in [0.2, 0.25) is 5.88 Å². The van der Waals surface area contributed by atoms with Crippen LogP contribution in [0.2, 0.25) is 5.15 Å². The molecule has 6 nitrogen and oxygen atoms in total. The Balaban J connectivity index is 2.20. The summed E-state index contributed by atoms with van der Waals surface area (Å²) in [5.74, 6) is -0.826. The number of ether oxygens (including phenoxy) is 1. The maximum atomic E-state index is 13.6. The zero-order valence-electron chi connectivity index (χ0n) is 9.40. The smallest absolute Gasteiger partial charge is 0.254 e. The SMILES string of the molecule is NC(=O)c1cc(Cl)nnc1O[C@H]1CCNC[C@H]1F. The second kappa shape index (κ2) is 5.45. The Morgan fingerprint density at radius 1 is 1.61 bits per heavy atom. The van der Waals surface area contributed by atoms with E-state index in [0.29, 0.717) is 13.0 Å². The van der Waals surface area contributed by atoms with Gasteiger partial charge in [-0.3, -0.25) is 4.79 Å². The minimum absolute atomic E-state index is 0.000678. The lowest BCUT2D eigenvalue weighted by Crippen LogP contribution is -2.44. The van der Waals surface area contributed by atoms with Gasteiger partial charge >= 0.3 is 0 Å². The second-order valence-electron chi connectivity index (χ2n) is 3.92. The fraction of sp³-hybridized carbons (Fsp3) is 0.500. The van der Waals surface area contributed by atoms with Crippen molar-refractivity contribution in [3.8, 4) is 5.88 Å². The van der Waals surface area contributed by atoms with Gasteiger partial charge in [0, 0.05) is 6.54 Å². The van der Waals surface area contributed by atoms with Crippen LogP contribution in [0.3, 0.4) is 0 Å². The fourth-order valence-corrected chi connectivity index (χ4v) is 1.84. The van der Waals surface area contributed by atoms with Crippen LogP contribution < -0.4 is 15.8 Å². The predicted molar refractivity (Wildman–Crippen MR) is 62.4 cm³/mol. The van der Waals surface area contributed by atoms with Crippen LogP contribution in [0.5, 0.6) is 5.88 Å². The largest absolute Gasteiger partial charge is 0.470 e. The molecule has 98 valence electrons. The van der Waals surface area contributed by atoms with Crippen LogP contribution in [0.15, 0.2) is 6.07 Å². The fourth-order valence-electron chi connectivity index (χ4n) is 1.69. The zero-order chi connectivity index (χ0) is 13.1. The van der Waals surface area contributed by atoms with Crippen molar-refractivity contribution in [1.29, 1.82) is 0 Å². The van der Waals surface area contributed by atoms with Gasteiger partial charge in [-0.25, -0.2) is 4.39 Å². The zero-order valence-corrected chi connectivity index (χ0v) is 10.2. The minimum Gasteiger partial charge on any atom is -0.470 e. The van der Waals surface area contributed by atoms with Crippen molar-refractivity contribution in [3.05, 3.63) is 16.8 Å². The van der Waals surface area contributed by atoms with Crippen LogP contribution in [0, 0.1) is 0 Å². The van der Waals surface area contributed by atoms with Crippen LogP contribution in [-0.4, -0.2) is 41.5 Å². The van der Waals surface area contributed by atoms with Crippen LogP contribution in [0.1, 0.15) is 16.8 Å². The van der Waals surface area contributed by atoms with Crippen LogP contribution in [0.4, 0.5) is 4.39 Å². The molecule has 0 unspecified atom stereocenters. The maximum absolute atomic E-state index is 13.6. The molecule has 1 amide bonds. The molecule has 2 heterocycles. The average molecular weight is 275 g/mol. The first-order valence-electron chi connectivity index (χ1n) is 5.42. The molecule has 0 aromatic carbocycles. The van der Waals surface area contributed by atoms with Gasteiger partial charge in [-0.1, -0.05) is 11.6 Å². The quantitative estimate of drug-likeness (QED) is 0.828. The summed E-state index contributed by atoms with van der Waals surface area (Å²) < 4.78 is 18.9. The molecule has 3 N–H and O–H groups in total. The highest BCUT2D eigenvalue weighted by molar-refractivity contribution is 6.29. The Kier molecular flexibility index (Phi) is 3.93. The summed E-state index contributed by atoms with van der Waals surface area (Å²) in [6.45, 7) is 0.843. The number of nitrogens with one attached hydrogen (secondary N) is 1. The van der Waals surface area contributed by atoms with Gasteiger partial charge in [-0.2, -0.15) is 0 Å². The van der Waals surface area contributed by atoms with E-state index in [4.69, 9.17) is 22.1 Å². The first-order valence-corrected chi connectivity index (χ1v) is 5.80. The molecule has 1 aliphatic heterocycles. The summed E-state index contributed by atoms with van der Waals surface area (Å²) in [6, 6.07) is 1.25. The number of alkyl halides is 1. The molecular weight excluding hydrogens is 263 g/mol. The number of amides is 1. The first-order chi connectivity index (χ1) is 8.58. The Labute approximate surface area is 108 Å². The van der Waals surface area contributed by atoms with E-state index in [1.807, 2.05) is 0 Å². The number of nitrogens with two attached hydrogens (primary N) is 1. The lowest BCUT2D eigenvalue weighted by molar-refractivity contribution is 0.0667. The Bertz CT molecular complexity index is 460. The van der Waals surface area contributed by atoms with Gasteiger partial charge in [0.15, 0.2) is 5.15 Å². The summed E-state index contributed by atoms with van der Waals surface area (Å²) in [6.07, 6.45) is -1.36. The molecule has 1 saturated heterocycles. The molecule has 8 heteroatoms. The molecule has 2 atom stereocenters. The third kappa shape index (κ3) is 2.85. The maximum Gasteiger partial charge on any atom is 0.254 e. The number of hydrogen-bond acceptors (Lipinski definition) is 5. The van der Waals surface area contributed by atoms with E-state index < -0.39 is 18.2 Å². The third-order valence-corrected chi connectivity index (χ3v) is 2.79. The highest BCUT2D eigenvalue weighted by atomic mass is 35.5. The van der Waals surface area contributed by atoms with E-state index in [1.54, 1.807) is 0 Å². The summed E-state index contributed by atoms with van der Waals surface area (Å²) in [7, 11) is 0. The molecule has 1 aliphatic rings. The van der Waals surface area contributed by atoms with Gasteiger partial charge in [-0.15, -0.1) is 10.2 Å². The second-order valence-corrected chi connectivity index (χ2v) is 4.30. The van der Waals surface area contributed by atoms with E-state index in [-0.39, 0.29) is 23.1 Å². The molecule has 0 aliphatic carbocycles. The van der Waals surface area contributed by atoms with E-state index in [1.165, 1.54) is 6.07 Å². The Morgan fingerprint density at radius 2 is 2.39 bits per heavy atom. The lowest BCUT2D eigenvalue weighted by Gasteiger charge is -2.27. The van der Waals surface area contributed by atoms with Crippen LogP contribution >= 0.6 is 11.6 Å². The Hall–Kier alpha value is -1.47. The van der Waals surface area contributed by atoms with Gasteiger partial charge in [-0.05, 0) is 19.0 Å². The molecule has 1 aromatic rings. The van der Waals surface area contributed by atoms with Gasteiger partial charge in [0.05, 0.1) is 0 Å². The molecule has 1 fully saturated rings. The number of halogens is 2. The molecule has 0 bridgehead atoms. The standard InChI is InChI=1S/C10H12ClFN4O2/c11-8-3-5(9(13)17)10(16-15-8)18-7-1-2-14-4-6(7)12/h3,6-7,14H,1-2,4H2,(H2,13,17)/t6-,7+/m1/s1. The van der Waals surface area contributed by atoms with E-state index in [0.717, 1.165) is 0 Å². The highest BCUT2D eigenvalue weighted by Crippen LogP contribution is 2.21. The van der Waals surface area contributed by atoms with Crippen molar-refractivity contribution in [2.75, 3.05) is 13.1 Å². The number of piperidine rings is 1. The topological polar surface area (TPSA) is 90.1 Å². The number of carbonyl (C=O) groups excluding carboxylic acids is 1. The minimum atomic E-state index is -1.17. The van der Waals surface area contributed by atoms with Crippen molar-refractivity contribution >= 4 is 17.5 Å². The van der Waals surface area contributed by atoms with Crippen molar-refractivity contribution in [3.63, 3.8) is 0 Å². The van der Waals surface area contributed by atoms with Gasteiger partial charge in [0.25, 0.3) is 5.91 Å². The normalized spacial score (nSPS) is 23.7. The van der Waals surface area contributed by atoms with E-state index in [9.17, 15) is 9.18 Å². The molecule has 1 aromatic heterocycles. The van der Waals surface area contributed by atoms with Gasteiger partial charge < -0.3 is 15.8 Å². The monoisotopic (exact) mass is 274 g/mol. The van der Waals surface area contributed by atoms with Crippen molar-refractivity contribution in [2.45, 2.75) is 18.7 Å². The molecule has 0 radical (unpaired) electrons. The molecule has 0 saturated carbocycles.